The molecule has 0 aliphatic carbocycles. The first-order chi connectivity index (χ1) is 12.0. The zero-order valence-corrected chi connectivity index (χ0v) is 15.8. The van der Waals surface area contributed by atoms with Gasteiger partial charge in [-0.15, -0.1) is 0 Å². The quantitative estimate of drug-likeness (QED) is 0.873. The second-order valence-electron chi connectivity index (χ2n) is 7.86. The van der Waals surface area contributed by atoms with Crippen LogP contribution in [-0.4, -0.2) is 25.1 Å². The average molecular weight is 335 g/mol. The predicted molar refractivity (Wildman–Crippen MR) is 106 cm³/mol. The van der Waals surface area contributed by atoms with E-state index in [9.17, 15) is 0 Å². The van der Waals surface area contributed by atoms with Gasteiger partial charge in [-0.2, -0.15) is 0 Å². The molecule has 1 N–H and O–H groups in total. The third-order valence-electron chi connectivity index (χ3n) is 5.87. The Labute approximate surface area is 151 Å². The Morgan fingerprint density at radius 2 is 1.64 bits per heavy atom. The highest BCUT2D eigenvalue weighted by atomic mass is 15.5. The lowest BCUT2D eigenvalue weighted by Gasteiger charge is -2.35. The van der Waals surface area contributed by atoms with Crippen LogP contribution in [0.3, 0.4) is 0 Å². The maximum atomic E-state index is 3.69. The van der Waals surface area contributed by atoms with E-state index in [1.165, 1.54) is 40.0 Å². The summed E-state index contributed by atoms with van der Waals surface area (Å²) in [6, 6.07) is 14.3. The SMILES string of the molecule is CC(C)c1ccc2c(c1)NN(C(C)c1ccc3c(c1)CCN3C)CC2. The van der Waals surface area contributed by atoms with Crippen molar-refractivity contribution < 1.29 is 0 Å². The van der Waals surface area contributed by atoms with E-state index in [1.54, 1.807) is 0 Å². The minimum Gasteiger partial charge on any atom is -0.374 e. The third-order valence-corrected chi connectivity index (χ3v) is 5.87. The van der Waals surface area contributed by atoms with Crippen molar-refractivity contribution >= 4 is 11.4 Å². The molecule has 0 amide bonds. The maximum absolute atomic E-state index is 3.69. The van der Waals surface area contributed by atoms with Crippen molar-refractivity contribution in [1.29, 1.82) is 0 Å². The van der Waals surface area contributed by atoms with Gasteiger partial charge in [0.1, 0.15) is 0 Å². The van der Waals surface area contributed by atoms with Crippen LogP contribution in [0.4, 0.5) is 11.4 Å². The highest BCUT2D eigenvalue weighted by Gasteiger charge is 2.23. The van der Waals surface area contributed by atoms with Crippen LogP contribution in [0, 0.1) is 0 Å². The molecule has 0 radical (unpaired) electrons. The second-order valence-corrected chi connectivity index (χ2v) is 7.86. The molecule has 2 heterocycles. The van der Waals surface area contributed by atoms with Gasteiger partial charge in [0.2, 0.25) is 0 Å². The Morgan fingerprint density at radius 1 is 0.880 bits per heavy atom. The number of nitrogens with zero attached hydrogens (tertiary/aromatic N) is 2. The number of hydrogen-bond donors (Lipinski definition) is 1. The number of nitrogens with one attached hydrogen (secondary N) is 1. The first-order valence-corrected chi connectivity index (χ1v) is 9.53. The molecule has 2 aliphatic rings. The summed E-state index contributed by atoms with van der Waals surface area (Å²) >= 11 is 0. The van der Waals surface area contributed by atoms with E-state index in [1.807, 2.05) is 0 Å². The molecular weight excluding hydrogens is 306 g/mol. The van der Waals surface area contributed by atoms with Gasteiger partial charge in [-0.3, -0.25) is 0 Å². The van der Waals surface area contributed by atoms with E-state index in [4.69, 9.17) is 0 Å². The summed E-state index contributed by atoms with van der Waals surface area (Å²) < 4.78 is 0. The molecule has 0 bridgehead atoms. The van der Waals surface area contributed by atoms with Gasteiger partial charge in [0, 0.05) is 25.8 Å². The van der Waals surface area contributed by atoms with Crippen molar-refractivity contribution in [1.82, 2.24) is 5.01 Å². The van der Waals surface area contributed by atoms with Gasteiger partial charge in [-0.05, 0) is 60.1 Å². The van der Waals surface area contributed by atoms with Crippen LogP contribution in [-0.2, 0) is 12.8 Å². The van der Waals surface area contributed by atoms with Gasteiger partial charge < -0.3 is 10.3 Å². The van der Waals surface area contributed by atoms with Gasteiger partial charge in [0.15, 0.2) is 0 Å². The summed E-state index contributed by atoms with van der Waals surface area (Å²) in [5.74, 6) is 0.564. The van der Waals surface area contributed by atoms with Crippen molar-refractivity contribution in [2.45, 2.75) is 45.6 Å². The lowest BCUT2D eigenvalue weighted by Crippen LogP contribution is -2.38. The molecule has 2 aromatic rings. The molecule has 3 heteroatoms. The zero-order chi connectivity index (χ0) is 17.6. The van der Waals surface area contributed by atoms with Crippen LogP contribution in [0.2, 0.25) is 0 Å². The Kier molecular flexibility index (Phi) is 4.20. The normalized spacial score (nSPS) is 18.0. The van der Waals surface area contributed by atoms with Crippen LogP contribution in [0.1, 0.15) is 55.0 Å². The Morgan fingerprint density at radius 3 is 2.44 bits per heavy atom. The molecule has 1 atom stereocenters. The van der Waals surface area contributed by atoms with Crippen molar-refractivity contribution in [3.05, 3.63) is 58.7 Å². The molecule has 1 unspecified atom stereocenters. The largest absolute Gasteiger partial charge is 0.374 e. The fraction of sp³-hybridized carbons (Fsp3) is 0.455. The van der Waals surface area contributed by atoms with Gasteiger partial charge in [0.05, 0.1) is 11.7 Å². The fourth-order valence-electron chi connectivity index (χ4n) is 4.04. The van der Waals surface area contributed by atoms with E-state index < -0.39 is 0 Å². The van der Waals surface area contributed by atoms with Gasteiger partial charge >= 0.3 is 0 Å². The number of anilines is 2. The smallest absolute Gasteiger partial charge is 0.0525 e. The first-order valence-electron chi connectivity index (χ1n) is 9.53. The predicted octanol–water partition coefficient (Wildman–Crippen LogP) is 4.75. The average Bonchev–Trinajstić information content (AvgIpc) is 3.00. The molecule has 25 heavy (non-hydrogen) atoms. The summed E-state index contributed by atoms with van der Waals surface area (Å²) in [6.45, 7) is 9.01. The van der Waals surface area contributed by atoms with Crippen LogP contribution in [0.25, 0.3) is 0 Å². The Hall–Kier alpha value is -2.00. The minimum atomic E-state index is 0.368. The van der Waals surface area contributed by atoms with Crippen LogP contribution in [0.15, 0.2) is 36.4 Å². The van der Waals surface area contributed by atoms with Crippen LogP contribution < -0.4 is 10.3 Å². The van der Waals surface area contributed by atoms with Gasteiger partial charge in [-0.1, -0.05) is 38.1 Å². The zero-order valence-electron chi connectivity index (χ0n) is 15.8. The Balaban J connectivity index is 1.56. The van der Waals surface area contributed by atoms with Crippen molar-refractivity contribution in [3.63, 3.8) is 0 Å². The number of fused-ring (bicyclic) bond motifs is 2. The summed E-state index contributed by atoms with van der Waals surface area (Å²) in [7, 11) is 2.18. The Bertz CT molecular complexity index is 781. The van der Waals surface area contributed by atoms with Crippen molar-refractivity contribution in [2.24, 2.45) is 0 Å². The lowest BCUT2D eigenvalue weighted by atomic mass is 9.97. The molecule has 132 valence electrons. The maximum Gasteiger partial charge on any atom is 0.0525 e. The highest BCUT2D eigenvalue weighted by Crippen LogP contribution is 2.33. The van der Waals surface area contributed by atoms with Crippen LogP contribution in [0.5, 0.6) is 0 Å². The molecule has 2 aliphatic heterocycles. The van der Waals surface area contributed by atoms with Gasteiger partial charge in [0.25, 0.3) is 0 Å². The van der Waals surface area contributed by atoms with Crippen molar-refractivity contribution in [3.8, 4) is 0 Å². The fourth-order valence-corrected chi connectivity index (χ4v) is 4.04. The number of benzene rings is 2. The van der Waals surface area contributed by atoms with E-state index in [-0.39, 0.29) is 0 Å². The monoisotopic (exact) mass is 335 g/mol. The van der Waals surface area contributed by atoms with Crippen LogP contribution >= 0.6 is 0 Å². The van der Waals surface area contributed by atoms with Crippen molar-refractivity contribution in [2.75, 3.05) is 30.5 Å². The van der Waals surface area contributed by atoms with Gasteiger partial charge in [-0.25, -0.2) is 5.01 Å². The molecule has 0 spiro atoms. The van der Waals surface area contributed by atoms with E-state index in [2.05, 4.69) is 79.6 Å². The standard InChI is InChI=1S/C22H29N3/c1-15(2)18-6-5-17-10-12-25(23-21(17)14-18)16(3)19-7-8-22-20(13-19)9-11-24(22)4/h5-8,13-16,23H,9-12H2,1-4H3. The van der Waals surface area contributed by atoms with E-state index >= 15 is 0 Å². The third kappa shape index (κ3) is 3.02. The summed E-state index contributed by atoms with van der Waals surface area (Å²) in [5, 5.41) is 2.40. The number of rotatable bonds is 3. The molecule has 0 fully saturated rings. The molecule has 2 aromatic carbocycles. The summed E-state index contributed by atoms with van der Waals surface area (Å²) in [5.41, 5.74) is 12.1. The van der Waals surface area contributed by atoms with E-state index in [0.29, 0.717) is 12.0 Å². The lowest BCUT2D eigenvalue weighted by molar-refractivity contribution is 0.252. The number of hydrazine groups is 1. The highest BCUT2D eigenvalue weighted by molar-refractivity contribution is 5.59. The number of likely N-dealkylation sites (N-methyl/N-ethyl adjacent to an activating group) is 1. The minimum absolute atomic E-state index is 0.368. The topological polar surface area (TPSA) is 18.5 Å². The van der Waals surface area contributed by atoms with E-state index in [0.717, 1.165) is 19.5 Å². The molecule has 3 nitrogen and oxygen atoms in total. The second kappa shape index (κ2) is 6.38. The molecule has 0 saturated heterocycles. The number of hydrogen-bond acceptors (Lipinski definition) is 3. The molecule has 0 saturated carbocycles. The summed E-state index contributed by atoms with van der Waals surface area (Å²) in [4.78, 5) is 2.35. The molecular formula is C22H29N3. The summed E-state index contributed by atoms with van der Waals surface area (Å²) in [6.07, 6.45) is 2.28. The molecule has 4 rings (SSSR count). The first kappa shape index (κ1) is 16.5. The molecule has 0 aromatic heterocycles.